The lowest BCUT2D eigenvalue weighted by Gasteiger charge is -2.22. The molecule has 0 saturated heterocycles. The molecule has 1 atom stereocenters. The van der Waals surface area contributed by atoms with E-state index in [-0.39, 0.29) is 34.1 Å². The summed E-state index contributed by atoms with van der Waals surface area (Å²) in [5, 5.41) is 3.13. The van der Waals surface area contributed by atoms with Crippen molar-refractivity contribution in [3.8, 4) is 5.69 Å². The van der Waals surface area contributed by atoms with E-state index in [1.165, 1.54) is 28.8 Å². The van der Waals surface area contributed by atoms with Crippen LogP contribution in [0.5, 0.6) is 0 Å². The van der Waals surface area contributed by atoms with Gasteiger partial charge in [0.1, 0.15) is 11.6 Å². The zero-order valence-electron chi connectivity index (χ0n) is 18.8. The van der Waals surface area contributed by atoms with E-state index < -0.39 is 17.3 Å². The number of fused-ring (bicyclic) bond motifs is 1. The molecule has 1 fully saturated rings. The smallest absolute Gasteiger partial charge is 0.266 e. The topological polar surface area (TPSA) is 64.0 Å². The Morgan fingerprint density at radius 1 is 1.09 bits per heavy atom. The third kappa shape index (κ3) is 3.77. The largest absolute Gasteiger partial charge is 0.345 e. The second kappa shape index (κ2) is 8.48. The number of amides is 1. The van der Waals surface area contributed by atoms with E-state index in [0.29, 0.717) is 22.6 Å². The Bertz CT molecular complexity index is 1490. The number of pyridine rings is 2. The molecule has 172 valence electrons. The number of carbonyl (C=O) groups excluding carboxylic acids is 1. The number of nitrogens with zero attached hydrogens (tertiary/aromatic N) is 2. The Morgan fingerprint density at radius 3 is 2.56 bits per heavy atom. The summed E-state index contributed by atoms with van der Waals surface area (Å²) in [4.78, 5) is 31.4. The molecule has 0 aliphatic heterocycles. The molecule has 5 nitrogen and oxygen atoms in total. The van der Waals surface area contributed by atoms with Gasteiger partial charge >= 0.3 is 0 Å². The van der Waals surface area contributed by atoms with Gasteiger partial charge in [-0.3, -0.25) is 19.1 Å². The van der Waals surface area contributed by atoms with E-state index in [4.69, 9.17) is 0 Å². The molecule has 5 rings (SSSR count). The van der Waals surface area contributed by atoms with Crippen molar-refractivity contribution in [1.82, 2.24) is 14.9 Å². The standard InChI is InChI=1S/C27H23F2N3O2/c1-15-22(10-5-13-30-15)32-16(2)23(20-8-4-9-21(29)24(20)27(32)34)26(33)31-25(17-11-12-17)18-6-3-7-19(28)14-18/h3-10,13-14,17,25H,11-12H2,1-2H3,(H,31,33)/t25-/m0/s1. The SMILES string of the molecule is Cc1ncccc1-n1c(C)c(C(=O)N[C@H](c2cccc(F)c2)C2CC2)c2cccc(F)c2c1=O. The first kappa shape index (κ1) is 21.9. The van der Waals surface area contributed by atoms with Crippen LogP contribution < -0.4 is 10.9 Å². The number of aryl methyl sites for hydroxylation is 1. The molecular formula is C27H23F2N3O2. The summed E-state index contributed by atoms with van der Waals surface area (Å²) in [6, 6.07) is 13.5. The molecule has 34 heavy (non-hydrogen) atoms. The average molecular weight is 459 g/mol. The molecule has 0 bridgehead atoms. The molecule has 2 aromatic carbocycles. The van der Waals surface area contributed by atoms with Crippen LogP contribution in [0.15, 0.2) is 65.6 Å². The normalized spacial score (nSPS) is 14.2. The third-order valence-corrected chi connectivity index (χ3v) is 6.43. The van der Waals surface area contributed by atoms with Crippen LogP contribution in [0.2, 0.25) is 0 Å². The van der Waals surface area contributed by atoms with Crippen LogP contribution in [0.3, 0.4) is 0 Å². The highest BCUT2D eigenvalue weighted by atomic mass is 19.1. The van der Waals surface area contributed by atoms with Gasteiger partial charge in [0.2, 0.25) is 0 Å². The summed E-state index contributed by atoms with van der Waals surface area (Å²) < 4.78 is 30.2. The predicted molar refractivity (Wildman–Crippen MR) is 126 cm³/mol. The van der Waals surface area contributed by atoms with E-state index in [9.17, 15) is 18.4 Å². The van der Waals surface area contributed by atoms with Crippen molar-refractivity contribution >= 4 is 16.7 Å². The molecule has 0 spiro atoms. The number of carbonyl (C=O) groups is 1. The number of hydrogen-bond acceptors (Lipinski definition) is 3. The Morgan fingerprint density at radius 2 is 1.85 bits per heavy atom. The number of halogens is 2. The van der Waals surface area contributed by atoms with Crippen molar-refractivity contribution in [3.63, 3.8) is 0 Å². The maximum absolute atomic E-state index is 14.9. The van der Waals surface area contributed by atoms with Gasteiger partial charge in [-0.1, -0.05) is 24.3 Å². The van der Waals surface area contributed by atoms with Crippen LogP contribution in [0.25, 0.3) is 16.5 Å². The fraction of sp³-hybridized carbons (Fsp3) is 0.222. The van der Waals surface area contributed by atoms with Crippen molar-refractivity contribution in [3.05, 3.63) is 105 Å². The second-order valence-corrected chi connectivity index (χ2v) is 8.71. The van der Waals surface area contributed by atoms with E-state index in [2.05, 4.69) is 10.3 Å². The minimum atomic E-state index is -0.698. The molecule has 1 saturated carbocycles. The lowest BCUT2D eigenvalue weighted by atomic mass is 9.99. The highest BCUT2D eigenvalue weighted by molar-refractivity contribution is 6.08. The summed E-state index contributed by atoms with van der Waals surface area (Å²) >= 11 is 0. The van der Waals surface area contributed by atoms with Crippen LogP contribution in [-0.2, 0) is 0 Å². The van der Waals surface area contributed by atoms with Gasteiger partial charge in [-0.05, 0) is 68.5 Å². The Balaban J connectivity index is 1.70. The number of rotatable bonds is 5. The summed E-state index contributed by atoms with van der Waals surface area (Å²) in [5.74, 6) is -1.32. The van der Waals surface area contributed by atoms with Crippen molar-refractivity contribution in [2.75, 3.05) is 0 Å². The lowest BCUT2D eigenvalue weighted by molar-refractivity contribution is 0.0932. The van der Waals surface area contributed by atoms with Gasteiger partial charge in [-0.25, -0.2) is 8.78 Å². The molecular weight excluding hydrogens is 436 g/mol. The summed E-state index contributed by atoms with van der Waals surface area (Å²) in [7, 11) is 0. The molecule has 4 aromatic rings. The van der Waals surface area contributed by atoms with Crippen LogP contribution in [0.1, 0.15) is 46.2 Å². The number of benzene rings is 2. The highest BCUT2D eigenvalue weighted by Crippen LogP contribution is 2.41. The van der Waals surface area contributed by atoms with Crippen molar-refractivity contribution in [1.29, 1.82) is 0 Å². The molecule has 1 aliphatic rings. The molecule has 1 amide bonds. The molecule has 0 radical (unpaired) electrons. The zero-order valence-corrected chi connectivity index (χ0v) is 18.8. The summed E-state index contributed by atoms with van der Waals surface area (Å²) in [6.07, 6.45) is 3.45. The number of aromatic nitrogens is 2. The minimum absolute atomic E-state index is 0.157. The van der Waals surface area contributed by atoms with Crippen LogP contribution >= 0.6 is 0 Å². The molecule has 0 unspecified atom stereocenters. The van der Waals surface area contributed by atoms with Gasteiger partial charge in [-0.2, -0.15) is 0 Å². The number of nitrogens with one attached hydrogen (secondary N) is 1. The summed E-state index contributed by atoms with van der Waals surface area (Å²) in [6.45, 7) is 3.42. The zero-order chi connectivity index (χ0) is 24.0. The summed E-state index contributed by atoms with van der Waals surface area (Å²) in [5.41, 5.74) is 1.77. The van der Waals surface area contributed by atoms with Gasteiger partial charge in [0.25, 0.3) is 11.5 Å². The molecule has 7 heteroatoms. The first-order chi connectivity index (χ1) is 16.4. The van der Waals surface area contributed by atoms with Crippen molar-refractivity contribution in [2.24, 2.45) is 5.92 Å². The Hall–Kier alpha value is -3.87. The van der Waals surface area contributed by atoms with Crippen LogP contribution in [0, 0.1) is 31.4 Å². The van der Waals surface area contributed by atoms with Crippen LogP contribution in [0.4, 0.5) is 8.78 Å². The maximum atomic E-state index is 14.9. The van der Waals surface area contributed by atoms with Crippen molar-refractivity contribution in [2.45, 2.75) is 32.7 Å². The van der Waals surface area contributed by atoms with Gasteiger partial charge in [0.15, 0.2) is 0 Å². The van der Waals surface area contributed by atoms with Gasteiger partial charge < -0.3 is 5.32 Å². The fourth-order valence-corrected chi connectivity index (χ4v) is 4.63. The highest BCUT2D eigenvalue weighted by Gasteiger charge is 2.35. The van der Waals surface area contributed by atoms with Gasteiger partial charge in [-0.15, -0.1) is 0 Å². The lowest BCUT2D eigenvalue weighted by Crippen LogP contribution is -2.33. The van der Waals surface area contributed by atoms with E-state index in [0.717, 1.165) is 12.8 Å². The van der Waals surface area contributed by atoms with Gasteiger partial charge in [0, 0.05) is 17.3 Å². The van der Waals surface area contributed by atoms with Crippen molar-refractivity contribution < 1.29 is 13.6 Å². The Labute approximate surface area is 195 Å². The first-order valence-electron chi connectivity index (χ1n) is 11.2. The van der Waals surface area contributed by atoms with E-state index in [1.54, 1.807) is 50.4 Å². The van der Waals surface area contributed by atoms with Crippen LogP contribution in [-0.4, -0.2) is 15.5 Å². The third-order valence-electron chi connectivity index (χ3n) is 6.43. The Kier molecular flexibility index (Phi) is 5.48. The predicted octanol–water partition coefficient (Wildman–Crippen LogP) is 5.16. The second-order valence-electron chi connectivity index (χ2n) is 8.71. The number of hydrogen-bond donors (Lipinski definition) is 1. The van der Waals surface area contributed by atoms with Gasteiger partial charge in [0.05, 0.1) is 28.4 Å². The molecule has 1 N–H and O–H groups in total. The van der Waals surface area contributed by atoms with E-state index in [1.807, 2.05) is 0 Å². The average Bonchev–Trinajstić information content (AvgIpc) is 3.64. The fourth-order valence-electron chi connectivity index (χ4n) is 4.63. The molecule has 1 aliphatic carbocycles. The molecule has 2 heterocycles. The van der Waals surface area contributed by atoms with E-state index >= 15 is 0 Å². The maximum Gasteiger partial charge on any atom is 0.266 e. The quantitative estimate of drug-likeness (QED) is 0.448. The first-order valence-corrected chi connectivity index (χ1v) is 11.2. The molecule has 2 aromatic heterocycles. The minimum Gasteiger partial charge on any atom is -0.345 e. The monoisotopic (exact) mass is 459 g/mol.